The molecule has 0 aliphatic carbocycles. The van der Waals surface area contributed by atoms with Crippen LogP contribution in [0.15, 0.2) is 12.1 Å². The van der Waals surface area contributed by atoms with Crippen LogP contribution in [0.3, 0.4) is 0 Å². The molecule has 1 aromatic carbocycles. The van der Waals surface area contributed by atoms with E-state index < -0.39 is 5.97 Å². The minimum atomic E-state index is -0.822. The zero-order valence-electron chi connectivity index (χ0n) is 14.2. The standard InChI is InChI=1S/C19H27NO2/c1-5-8-9-15-13(4)20(10-6-2)18-16(15)11-14(7-3)12-17(18)19(21)22/h11-12H,5-10H2,1-4H3,(H,21,22). The maximum Gasteiger partial charge on any atom is 0.337 e. The van der Waals surface area contributed by atoms with Gasteiger partial charge in [0.15, 0.2) is 0 Å². The summed E-state index contributed by atoms with van der Waals surface area (Å²) in [4.78, 5) is 11.8. The molecule has 0 amide bonds. The highest BCUT2D eigenvalue weighted by atomic mass is 16.4. The van der Waals surface area contributed by atoms with Crippen LogP contribution in [0.5, 0.6) is 0 Å². The number of fused-ring (bicyclic) bond motifs is 1. The Morgan fingerprint density at radius 1 is 1.18 bits per heavy atom. The zero-order valence-corrected chi connectivity index (χ0v) is 14.2. The second-order valence-corrected chi connectivity index (χ2v) is 6.02. The van der Waals surface area contributed by atoms with E-state index in [1.165, 1.54) is 11.3 Å². The first-order valence-corrected chi connectivity index (χ1v) is 8.42. The number of carboxylic acid groups (broad SMARTS) is 1. The van der Waals surface area contributed by atoms with Gasteiger partial charge in [0.1, 0.15) is 0 Å². The van der Waals surface area contributed by atoms with Gasteiger partial charge in [0.25, 0.3) is 0 Å². The van der Waals surface area contributed by atoms with Crippen molar-refractivity contribution in [1.29, 1.82) is 0 Å². The maximum absolute atomic E-state index is 11.8. The van der Waals surface area contributed by atoms with E-state index in [-0.39, 0.29) is 0 Å². The largest absolute Gasteiger partial charge is 0.478 e. The van der Waals surface area contributed by atoms with Crippen molar-refractivity contribution in [2.75, 3.05) is 0 Å². The molecule has 0 spiro atoms. The van der Waals surface area contributed by atoms with E-state index in [1.54, 1.807) is 0 Å². The SMILES string of the molecule is CCCCc1c(C)n(CCC)c2c(C(=O)O)cc(CC)cc12. The summed E-state index contributed by atoms with van der Waals surface area (Å²) in [6.07, 6.45) is 5.19. The van der Waals surface area contributed by atoms with Gasteiger partial charge in [-0.1, -0.05) is 27.2 Å². The Balaban J connectivity index is 2.80. The summed E-state index contributed by atoms with van der Waals surface area (Å²) >= 11 is 0. The lowest BCUT2D eigenvalue weighted by Crippen LogP contribution is -2.05. The van der Waals surface area contributed by atoms with Gasteiger partial charge in [-0.15, -0.1) is 0 Å². The molecule has 1 aromatic heterocycles. The van der Waals surface area contributed by atoms with Crippen LogP contribution in [0.4, 0.5) is 0 Å². The maximum atomic E-state index is 11.8. The van der Waals surface area contributed by atoms with E-state index in [0.29, 0.717) is 5.56 Å². The molecule has 1 N–H and O–H groups in total. The summed E-state index contributed by atoms with van der Waals surface area (Å²) in [6.45, 7) is 9.42. The minimum Gasteiger partial charge on any atom is -0.478 e. The number of aryl methyl sites for hydroxylation is 3. The fourth-order valence-corrected chi connectivity index (χ4v) is 3.28. The quantitative estimate of drug-likeness (QED) is 0.785. The number of benzene rings is 1. The number of hydrogen-bond acceptors (Lipinski definition) is 1. The predicted molar refractivity (Wildman–Crippen MR) is 91.9 cm³/mol. The highest BCUT2D eigenvalue weighted by Gasteiger charge is 2.20. The summed E-state index contributed by atoms with van der Waals surface area (Å²) in [5.74, 6) is -0.822. The van der Waals surface area contributed by atoms with Gasteiger partial charge in [-0.3, -0.25) is 0 Å². The van der Waals surface area contributed by atoms with Crippen LogP contribution >= 0.6 is 0 Å². The lowest BCUT2D eigenvalue weighted by Gasteiger charge is -2.09. The van der Waals surface area contributed by atoms with Gasteiger partial charge < -0.3 is 9.67 Å². The van der Waals surface area contributed by atoms with Gasteiger partial charge in [0.2, 0.25) is 0 Å². The second-order valence-electron chi connectivity index (χ2n) is 6.02. The number of rotatable bonds is 7. The first kappa shape index (κ1) is 16.6. The lowest BCUT2D eigenvalue weighted by atomic mass is 9.99. The van der Waals surface area contributed by atoms with Crippen LogP contribution in [0.25, 0.3) is 10.9 Å². The predicted octanol–water partition coefficient (Wildman–Crippen LogP) is 4.96. The Kier molecular flexibility index (Phi) is 5.28. The Hall–Kier alpha value is -1.77. The molecule has 1 heterocycles. The summed E-state index contributed by atoms with van der Waals surface area (Å²) in [5.41, 5.74) is 5.05. The summed E-state index contributed by atoms with van der Waals surface area (Å²) < 4.78 is 2.21. The molecule has 3 nitrogen and oxygen atoms in total. The number of carbonyl (C=O) groups is 1. The van der Waals surface area contributed by atoms with E-state index in [0.717, 1.165) is 55.1 Å². The molecule has 120 valence electrons. The van der Waals surface area contributed by atoms with E-state index in [9.17, 15) is 9.90 Å². The zero-order chi connectivity index (χ0) is 16.3. The number of aromatic nitrogens is 1. The van der Waals surface area contributed by atoms with E-state index in [1.807, 2.05) is 6.07 Å². The van der Waals surface area contributed by atoms with Gasteiger partial charge in [0.05, 0.1) is 11.1 Å². The molecular weight excluding hydrogens is 274 g/mol. The number of aromatic carboxylic acids is 1. The summed E-state index contributed by atoms with van der Waals surface area (Å²) in [5, 5.41) is 10.8. The van der Waals surface area contributed by atoms with Crippen LogP contribution < -0.4 is 0 Å². The smallest absolute Gasteiger partial charge is 0.337 e. The average molecular weight is 301 g/mol. The van der Waals surface area contributed by atoms with Crippen molar-refractivity contribution in [3.63, 3.8) is 0 Å². The topological polar surface area (TPSA) is 42.2 Å². The normalized spacial score (nSPS) is 11.3. The first-order chi connectivity index (χ1) is 10.5. The Bertz CT molecular complexity index is 683. The monoisotopic (exact) mass is 301 g/mol. The van der Waals surface area contributed by atoms with Gasteiger partial charge in [-0.2, -0.15) is 0 Å². The van der Waals surface area contributed by atoms with Gasteiger partial charge in [-0.25, -0.2) is 4.79 Å². The van der Waals surface area contributed by atoms with Crippen LogP contribution in [-0.4, -0.2) is 15.6 Å². The van der Waals surface area contributed by atoms with Crippen molar-refractivity contribution < 1.29 is 9.90 Å². The highest BCUT2D eigenvalue weighted by Crippen LogP contribution is 2.32. The molecular formula is C19H27NO2. The van der Waals surface area contributed by atoms with E-state index in [2.05, 4.69) is 38.3 Å². The fourth-order valence-electron chi connectivity index (χ4n) is 3.28. The Morgan fingerprint density at radius 3 is 2.45 bits per heavy atom. The van der Waals surface area contributed by atoms with Crippen molar-refractivity contribution in [2.45, 2.75) is 66.3 Å². The molecule has 0 bridgehead atoms. The van der Waals surface area contributed by atoms with Gasteiger partial charge in [-0.05, 0) is 55.9 Å². The second kappa shape index (κ2) is 6.99. The molecule has 0 aliphatic heterocycles. The van der Waals surface area contributed by atoms with Crippen molar-refractivity contribution >= 4 is 16.9 Å². The average Bonchev–Trinajstić information content (AvgIpc) is 2.77. The number of carboxylic acids is 1. The molecule has 3 heteroatoms. The molecule has 0 unspecified atom stereocenters. The fraction of sp³-hybridized carbons (Fsp3) is 0.526. The van der Waals surface area contributed by atoms with Crippen LogP contribution in [0.2, 0.25) is 0 Å². The molecule has 0 aliphatic rings. The summed E-state index contributed by atoms with van der Waals surface area (Å²) in [7, 11) is 0. The molecule has 2 aromatic rings. The van der Waals surface area contributed by atoms with Crippen molar-refractivity contribution in [3.8, 4) is 0 Å². The minimum absolute atomic E-state index is 0.452. The molecule has 0 saturated carbocycles. The third-order valence-electron chi connectivity index (χ3n) is 4.47. The number of nitrogens with zero attached hydrogens (tertiary/aromatic N) is 1. The first-order valence-electron chi connectivity index (χ1n) is 8.42. The molecule has 0 radical (unpaired) electrons. The van der Waals surface area contributed by atoms with Crippen LogP contribution in [0.1, 0.15) is 67.2 Å². The van der Waals surface area contributed by atoms with Crippen LogP contribution in [0, 0.1) is 6.92 Å². The molecule has 22 heavy (non-hydrogen) atoms. The van der Waals surface area contributed by atoms with Crippen molar-refractivity contribution in [2.24, 2.45) is 0 Å². The van der Waals surface area contributed by atoms with Crippen molar-refractivity contribution in [1.82, 2.24) is 4.57 Å². The third-order valence-corrected chi connectivity index (χ3v) is 4.47. The molecule has 2 rings (SSSR count). The lowest BCUT2D eigenvalue weighted by molar-refractivity contribution is 0.0698. The van der Waals surface area contributed by atoms with Gasteiger partial charge >= 0.3 is 5.97 Å². The Morgan fingerprint density at radius 2 is 1.91 bits per heavy atom. The summed E-state index contributed by atoms with van der Waals surface area (Å²) in [6, 6.07) is 4.05. The van der Waals surface area contributed by atoms with E-state index in [4.69, 9.17) is 0 Å². The molecule has 0 atom stereocenters. The van der Waals surface area contributed by atoms with Gasteiger partial charge in [0, 0.05) is 17.6 Å². The third kappa shape index (κ3) is 2.90. The highest BCUT2D eigenvalue weighted by molar-refractivity contribution is 6.04. The Labute approximate surface area is 133 Å². The van der Waals surface area contributed by atoms with E-state index >= 15 is 0 Å². The van der Waals surface area contributed by atoms with Crippen LogP contribution in [-0.2, 0) is 19.4 Å². The molecule has 0 fully saturated rings. The molecule has 0 saturated heterocycles. The van der Waals surface area contributed by atoms with Crippen molar-refractivity contribution in [3.05, 3.63) is 34.5 Å². The number of hydrogen-bond donors (Lipinski definition) is 1. The number of unbranched alkanes of at least 4 members (excludes halogenated alkanes) is 1.